The van der Waals surface area contributed by atoms with E-state index in [0.717, 1.165) is 0 Å². The average molecular weight is 237 g/mol. The quantitative estimate of drug-likeness (QED) is 0.770. The van der Waals surface area contributed by atoms with Crippen LogP contribution in [0.5, 0.6) is 5.75 Å². The SMILES string of the molecule is CCOC(=O)C(NC(C)=O)c1ccc(O)cc1. The first-order valence-electron chi connectivity index (χ1n) is 5.27. The molecule has 0 bridgehead atoms. The Morgan fingerprint density at radius 1 is 1.35 bits per heavy atom. The molecule has 1 amide bonds. The number of ether oxygens (including phenoxy) is 1. The molecule has 0 aromatic heterocycles. The van der Waals surface area contributed by atoms with Crippen molar-refractivity contribution >= 4 is 11.9 Å². The van der Waals surface area contributed by atoms with Crippen LogP contribution < -0.4 is 5.32 Å². The van der Waals surface area contributed by atoms with Crippen molar-refractivity contribution in [2.24, 2.45) is 0 Å². The summed E-state index contributed by atoms with van der Waals surface area (Å²) in [6.45, 7) is 3.26. The van der Waals surface area contributed by atoms with Crippen LogP contribution in [0.2, 0.25) is 0 Å². The van der Waals surface area contributed by atoms with Gasteiger partial charge in [0.2, 0.25) is 5.91 Å². The molecule has 0 saturated carbocycles. The van der Waals surface area contributed by atoms with Crippen molar-refractivity contribution in [1.29, 1.82) is 0 Å². The second kappa shape index (κ2) is 5.89. The molecule has 0 fully saturated rings. The Balaban J connectivity index is 2.92. The maximum atomic E-state index is 11.7. The van der Waals surface area contributed by atoms with E-state index in [2.05, 4.69) is 5.32 Å². The fourth-order valence-corrected chi connectivity index (χ4v) is 1.37. The van der Waals surface area contributed by atoms with Crippen LogP contribution in [0.1, 0.15) is 25.5 Å². The Morgan fingerprint density at radius 2 is 1.94 bits per heavy atom. The summed E-state index contributed by atoms with van der Waals surface area (Å²) in [5, 5.41) is 11.7. The van der Waals surface area contributed by atoms with Crippen molar-refractivity contribution in [1.82, 2.24) is 5.32 Å². The number of carbonyl (C=O) groups is 2. The van der Waals surface area contributed by atoms with E-state index in [1.807, 2.05) is 0 Å². The number of rotatable bonds is 4. The molecular formula is C12H15NO4. The molecule has 1 aromatic rings. The number of benzene rings is 1. The summed E-state index contributed by atoms with van der Waals surface area (Å²) in [5.41, 5.74) is 0.566. The average Bonchev–Trinajstić information content (AvgIpc) is 2.27. The first-order valence-corrected chi connectivity index (χ1v) is 5.27. The fourth-order valence-electron chi connectivity index (χ4n) is 1.37. The number of esters is 1. The third kappa shape index (κ3) is 3.79. The molecule has 2 N–H and O–H groups in total. The van der Waals surface area contributed by atoms with Gasteiger partial charge in [0, 0.05) is 6.92 Å². The van der Waals surface area contributed by atoms with Crippen molar-refractivity contribution in [3.63, 3.8) is 0 Å². The molecular weight excluding hydrogens is 222 g/mol. The third-order valence-corrected chi connectivity index (χ3v) is 2.10. The number of amides is 1. The van der Waals surface area contributed by atoms with E-state index < -0.39 is 12.0 Å². The second-order valence-corrected chi connectivity index (χ2v) is 3.48. The topological polar surface area (TPSA) is 75.6 Å². The van der Waals surface area contributed by atoms with Gasteiger partial charge in [-0.15, -0.1) is 0 Å². The highest BCUT2D eigenvalue weighted by Gasteiger charge is 2.22. The van der Waals surface area contributed by atoms with Gasteiger partial charge >= 0.3 is 5.97 Å². The van der Waals surface area contributed by atoms with E-state index in [-0.39, 0.29) is 18.3 Å². The summed E-state index contributed by atoms with van der Waals surface area (Å²) >= 11 is 0. The van der Waals surface area contributed by atoms with Gasteiger partial charge in [-0.1, -0.05) is 12.1 Å². The summed E-state index contributed by atoms with van der Waals surface area (Å²) < 4.78 is 4.87. The van der Waals surface area contributed by atoms with E-state index in [0.29, 0.717) is 5.56 Å². The summed E-state index contributed by atoms with van der Waals surface area (Å²) in [7, 11) is 0. The van der Waals surface area contributed by atoms with Gasteiger partial charge in [-0.25, -0.2) is 4.79 Å². The molecule has 0 radical (unpaired) electrons. The highest BCUT2D eigenvalue weighted by molar-refractivity contribution is 5.84. The molecule has 1 atom stereocenters. The van der Waals surface area contributed by atoms with Crippen molar-refractivity contribution in [2.45, 2.75) is 19.9 Å². The molecule has 0 spiro atoms. The van der Waals surface area contributed by atoms with Crippen molar-refractivity contribution in [3.05, 3.63) is 29.8 Å². The second-order valence-electron chi connectivity index (χ2n) is 3.48. The largest absolute Gasteiger partial charge is 0.508 e. The molecule has 17 heavy (non-hydrogen) atoms. The van der Waals surface area contributed by atoms with Gasteiger partial charge in [0.05, 0.1) is 6.61 Å². The Morgan fingerprint density at radius 3 is 2.41 bits per heavy atom. The lowest BCUT2D eigenvalue weighted by atomic mass is 10.1. The van der Waals surface area contributed by atoms with Crippen LogP contribution in [-0.4, -0.2) is 23.6 Å². The van der Waals surface area contributed by atoms with E-state index >= 15 is 0 Å². The van der Waals surface area contributed by atoms with Gasteiger partial charge in [0.25, 0.3) is 0 Å². The number of carbonyl (C=O) groups excluding carboxylic acids is 2. The lowest BCUT2D eigenvalue weighted by Crippen LogP contribution is -2.33. The van der Waals surface area contributed by atoms with Crippen LogP contribution >= 0.6 is 0 Å². The molecule has 1 unspecified atom stereocenters. The number of hydrogen-bond donors (Lipinski definition) is 2. The van der Waals surface area contributed by atoms with Crippen LogP contribution in [-0.2, 0) is 14.3 Å². The van der Waals surface area contributed by atoms with Gasteiger partial charge in [-0.3, -0.25) is 4.79 Å². The monoisotopic (exact) mass is 237 g/mol. The van der Waals surface area contributed by atoms with Gasteiger partial charge < -0.3 is 15.2 Å². The van der Waals surface area contributed by atoms with Gasteiger partial charge in [0.15, 0.2) is 6.04 Å². The Bertz CT molecular complexity index is 399. The van der Waals surface area contributed by atoms with Crippen LogP contribution in [0.4, 0.5) is 0 Å². The Kier molecular flexibility index (Phi) is 4.51. The molecule has 92 valence electrons. The third-order valence-electron chi connectivity index (χ3n) is 2.10. The molecule has 0 heterocycles. The highest BCUT2D eigenvalue weighted by Crippen LogP contribution is 2.18. The predicted molar refractivity (Wildman–Crippen MR) is 61.3 cm³/mol. The minimum absolute atomic E-state index is 0.0965. The van der Waals surface area contributed by atoms with E-state index in [1.165, 1.54) is 19.1 Å². The minimum Gasteiger partial charge on any atom is -0.508 e. The highest BCUT2D eigenvalue weighted by atomic mass is 16.5. The van der Waals surface area contributed by atoms with Crippen LogP contribution in [0.25, 0.3) is 0 Å². The molecule has 0 aliphatic carbocycles. The zero-order valence-electron chi connectivity index (χ0n) is 9.77. The van der Waals surface area contributed by atoms with Gasteiger partial charge in [-0.2, -0.15) is 0 Å². The van der Waals surface area contributed by atoms with Crippen LogP contribution in [0.15, 0.2) is 24.3 Å². The first kappa shape index (κ1) is 13.0. The summed E-state index contributed by atoms with van der Waals surface area (Å²) in [4.78, 5) is 22.7. The minimum atomic E-state index is -0.840. The van der Waals surface area contributed by atoms with E-state index in [1.54, 1.807) is 19.1 Å². The van der Waals surface area contributed by atoms with Gasteiger partial charge in [-0.05, 0) is 24.6 Å². The van der Waals surface area contributed by atoms with Crippen LogP contribution in [0.3, 0.4) is 0 Å². The van der Waals surface area contributed by atoms with Crippen molar-refractivity contribution < 1.29 is 19.4 Å². The molecule has 5 heteroatoms. The van der Waals surface area contributed by atoms with Crippen molar-refractivity contribution in [3.8, 4) is 5.75 Å². The summed E-state index contributed by atoms with van der Waals surface area (Å²) in [6, 6.07) is 5.18. The molecule has 0 saturated heterocycles. The predicted octanol–water partition coefficient (Wildman–Crippen LogP) is 1.13. The molecule has 1 rings (SSSR count). The molecule has 0 aliphatic heterocycles. The lowest BCUT2D eigenvalue weighted by Gasteiger charge is -2.16. The summed E-state index contributed by atoms with van der Waals surface area (Å²) in [6.07, 6.45) is 0. The summed E-state index contributed by atoms with van der Waals surface area (Å²) in [5.74, 6) is -0.747. The van der Waals surface area contributed by atoms with Gasteiger partial charge in [0.1, 0.15) is 5.75 Å². The number of hydrogen-bond acceptors (Lipinski definition) is 4. The zero-order valence-corrected chi connectivity index (χ0v) is 9.77. The number of phenols is 1. The fraction of sp³-hybridized carbons (Fsp3) is 0.333. The lowest BCUT2D eigenvalue weighted by molar-refractivity contribution is -0.147. The number of aromatic hydroxyl groups is 1. The molecule has 0 aliphatic rings. The normalized spacial score (nSPS) is 11.6. The van der Waals surface area contributed by atoms with E-state index in [9.17, 15) is 9.59 Å². The van der Waals surface area contributed by atoms with Crippen LogP contribution in [0, 0.1) is 0 Å². The molecule has 1 aromatic carbocycles. The zero-order chi connectivity index (χ0) is 12.8. The van der Waals surface area contributed by atoms with E-state index in [4.69, 9.17) is 9.84 Å². The number of nitrogens with one attached hydrogen (secondary N) is 1. The first-order chi connectivity index (χ1) is 8.04. The maximum Gasteiger partial charge on any atom is 0.333 e. The van der Waals surface area contributed by atoms with Crippen molar-refractivity contribution in [2.75, 3.05) is 6.61 Å². The smallest absolute Gasteiger partial charge is 0.333 e. The standard InChI is InChI=1S/C12H15NO4/c1-3-17-12(16)11(13-8(2)14)9-4-6-10(15)7-5-9/h4-7,11,15H,3H2,1-2H3,(H,13,14). The maximum absolute atomic E-state index is 11.7. The Labute approximate surface area is 99.4 Å². The Hall–Kier alpha value is -2.04. The molecule has 5 nitrogen and oxygen atoms in total. The number of phenolic OH excluding ortho intramolecular Hbond substituents is 1.